The van der Waals surface area contributed by atoms with Crippen LogP contribution in [0.2, 0.25) is 0 Å². The van der Waals surface area contributed by atoms with Crippen LogP contribution in [-0.4, -0.2) is 211 Å². The molecule has 0 aromatic heterocycles. The lowest BCUT2D eigenvalue weighted by Crippen LogP contribution is -2.57. The van der Waals surface area contributed by atoms with Crippen LogP contribution in [0.1, 0.15) is 12.5 Å². The van der Waals surface area contributed by atoms with Gasteiger partial charge in [-0.3, -0.25) is 38.8 Å². The van der Waals surface area contributed by atoms with Crippen molar-refractivity contribution >= 4 is 23.9 Å². The van der Waals surface area contributed by atoms with Crippen molar-refractivity contribution < 1.29 is 68.8 Å². The Morgan fingerprint density at radius 3 is 1.39 bits per heavy atom. The largest absolute Gasteiger partial charge is 0.491 e. The SMILES string of the molecule is CCOCCOCCOc1ccc(CC(C(=O)O)N2CCN(C(CO)C(=O)O)CCN(C(CO)C(=O)O)CCN(C(CO)C(=O)OC)CC2)cc1. The molecule has 0 amide bonds. The summed E-state index contributed by atoms with van der Waals surface area (Å²) < 4.78 is 21.3. The summed E-state index contributed by atoms with van der Waals surface area (Å²) in [5, 5.41) is 60.1. The van der Waals surface area contributed by atoms with Crippen LogP contribution in [0.4, 0.5) is 0 Å². The topological polar surface area (TPSA) is 240 Å². The average Bonchev–Trinajstić information content (AvgIpc) is 3.10. The molecule has 1 fully saturated rings. The highest BCUT2D eigenvalue weighted by Crippen LogP contribution is 2.17. The number of benzene rings is 1. The molecule has 1 aromatic rings. The van der Waals surface area contributed by atoms with Crippen molar-refractivity contribution in [2.75, 3.05) is 112 Å². The Bertz CT molecular complexity index is 1190. The highest BCUT2D eigenvalue weighted by atomic mass is 16.5. The van der Waals surface area contributed by atoms with Crippen molar-refractivity contribution in [2.45, 2.75) is 37.5 Å². The van der Waals surface area contributed by atoms with Crippen LogP contribution in [-0.2, 0) is 39.8 Å². The van der Waals surface area contributed by atoms with E-state index in [1.165, 1.54) is 9.80 Å². The van der Waals surface area contributed by atoms with E-state index in [1.54, 1.807) is 34.1 Å². The summed E-state index contributed by atoms with van der Waals surface area (Å²) >= 11 is 0. The van der Waals surface area contributed by atoms with Crippen LogP contribution in [0.5, 0.6) is 5.75 Å². The number of ether oxygens (including phenoxy) is 4. The maximum atomic E-state index is 12.8. The number of carboxylic acid groups (broad SMARTS) is 3. The molecule has 2 rings (SSSR count). The molecule has 1 aliphatic heterocycles. The second-order valence-electron chi connectivity index (χ2n) is 11.8. The van der Waals surface area contributed by atoms with E-state index < -0.39 is 67.9 Å². The number of aliphatic hydroxyl groups is 3. The summed E-state index contributed by atoms with van der Waals surface area (Å²) in [6.45, 7) is 1.97. The van der Waals surface area contributed by atoms with Gasteiger partial charge in [0.25, 0.3) is 0 Å². The maximum absolute atomic E-state index is 12.8. The zero-order chi connectivity index (χ0) is 37.8. The zero-order valence-corrected chi connectivity index (χ0v) is 29.4. The average molecular weight is 731 g/mol. The first-order valence-corrected chi connectivity index (χ1v) is 16.9. The number of methoxy groups -OCH3 is 1. The summed E-state index contributed by atoms with van der Waals surface area (Å²) in [5.41, 5.74) is 0.684. The molecule has 0 saturated carbocycles. The minimum Gasteiger partial charge on any atom is -0.491 e. The Hall–Kier alpha value is -3.46. The fourth-order valence-corrected chi connectivity index (χ4v) is 5.80. The number of rotatable bonds is 21. The molecular weight excluding hydrogens is 676 g/mol. The first kappa shape index (κ1) is 43.7. The number of carbonyl (C=O) groups is 4. The Morgan fingerprint density at radius 2 is 1.00 bits per heavy atom. The van der Waals surface area contributed by atoms with E-state index in [9.17, 15) is 49.8 Å². The van der Waals surface area contributed by atoms with Crippen molar-refractivity contribution in [3.05, 3.63) is 29.8 Å². The third-order valence-corrected chi connectivity index (χ3v) is 8.73. The van der Waals surface area contributed by atoms with Gasteiger partial charge in [-0.2, -0.15) is 0 Å². The van der Waals surface area contributed by atoms with E-state index in [1.807, 2.05) is 6.92 Å². The van der Waals surface area contributed by atoms with Gasteiger partial charge in [-0.15, -0.1) is 0 Å². The summed E-state index contributed by atoms with van der Waals surface area (Å²) in [6.07, 6.45) is 0.0590. The van der Waals surface area contributed by atoms with Crippen molar-refractivity contribution in [3.8, 4) is 5.75 Å². The van der Waals surface area contributed by atoms with Gasteiger partial charge in [0, 0.05) is 59.0 Å². The fraction of sp³-hybridized carbons (Fsp3) is 0.697. The monoisotopic (exact) mass is 730 g/mol. The lowest BCUT2D eigenvalue weighted by atomic mass is 10.0. The minimum absolute atomic E-state index is 0.0110. The van der Waals surface area contributed by atoms with Crippen LogP contribution in [0, 0.1) is 0 Å². The maximum Gasteiger partial charge on any atom is 0.325 e. The Morgan fingerprint density at radius 1 is 0.608 bits per heavy atom. The van der Waals surface area contributed by atoms with Gasteiger partial charge in [0.1, 0.15) is 36.5 Å². The van der Waals surface area contributed by atoms with Gasteiger partial charge in [0.15, 0.2) is 0 Å². The number of carboxylic acids is 3. The van der Waals surface area contributed by atoms with Crippen LogP contribution >= 0.6 is 0 Å². The predicted octanol–water partition coefficient (Wildman–Crippen LogP) is -2.24. The lowest BCUT2D eigenvalue weighted by molar-refractivity contribution is -0.151. The normalized spacial score (nSPS) is 18.5. The number of hydrogen-bond acceptors (Lipinski definition) is 15. The third kappa shape index (κ3) is 14.6. The first-order chi connectivity index (χ1) is 24.5. The summed E-state index contributed by atoms with van der Waals surface area (Å²) in [4.78, 5) is 55.6. The number of esters is 1. The van der Waals surface area contributed by atoms with Gasteiger partial charge in [0.2, 0.25) is 0 Å². The van der Waals surface area contributed by atoms with E-state index >= 15 is 0 Å². The van der Waals surface area contributed by atoms with Gasteiger partial charge in [-0.25, -0.2) is 0 Å². The Balaban J connectivity index is 2.36. The Kier molecular flexibility index (Phi) is 20.5. The van der Waals surface area contributed by atoms with E-state index in [2.05, 4.69) is 0 Å². The summed E-state index contributed by atoms with van der Waals surface area (Å²) in [7, 11) is 1.16. The predicted molar refractivity (Wildman–Crippen MR) is 181 cm³/mol. The molecule has 4 atom stereocenters. The molecule has 18 heteroatoms. The molecule has 1 saturated heterocycles. The number of aliphatic carboxylic acids is 3. The van der Waals surface area contributed by atoms with Crippen LogP contribution in [0.15, 0.2) is 24.3 Å². The molecule has 1 heterocycles. The first-order valence-electron chi connectivity index (χ1n) is 16.9. The highest BCUT2D eigenvalue weighted by molar-refractivity contribution is 5.76. The summed E-state index contributed by atoms with van der Waals surface area (Å²) in [5.74, 6) is -3.95. The van der Waals surface area contributed by atoms with Gasteiger partial charge in [0.05, 0.1) is 46.8 Å². The molecule has 290 valence electrons. The molecule has 0 spiro atoms. The molecule has 18 nitrogen and oxygen atoms in total. The van der Waals surface area contributed by atoms with Gasteiger partial charge in [-0.05, 0) is 31.0 Å². The van der Waals surface area contributed by atoms with E-state index in [-0.39, 0.29) is 58.8 Å². The number of hydrogen-bond donors (Lipinski definition) is 6. The van der Waals surface area contributed by atoms with Crippen molar-refractivity contribution in [1.29, 1.82) is 0 Å². The van der Waals surface area contributed by atoms with E-state index in [0.717, 1.165) is 7.11 Å². The second kappa shape index (κ2) is 23.9. The minimum atomic E-state index is -1.37. The molecule has 1 aromatic carbocycles. The molecule has 0 aliphatic carbocycles. The Labute approximate surface area is 297 Å². The molecule has 0 bridgehead atoms. The number of aliphatic hydroxyl groups excluding tert-OH is 3. The smallest absolute Gasteiger partial charge is 0.325 e. The molecule has 0 radical (unpaired) electrons. The van der Waals surface area contributed by atoms with Gasteiger partial charge < -0.3 is 49.6 Å². The van der Waals surface area contributed by atoms with Crippen molar-refractivity contribution in [2.24, 2.45) is 0 Å². The van der Waals surface area contributed by atoms with E-state index in [4.69, 9.17) is 18.9 Å². The van der Waals surface area contributed by atoms with Gasteiger partial charge >= 0.3 is 23.9 Å². The standard InChI is InChI=1S/C33H54N4O14/c1-3-49-16-17-50-18-19-51-25-6-4-24(5-7-25)20-26(30(41)42)34-8-10-35(27(21-38)31(43)44)11-12-36(28(22-39)32(45)46)13-15-37(14-9-34)29(23-40)33(47)48-2/h4-7,26-29,38-40H,3,8-23H2,1-2H3,(H,41,42)(H,43,44)(H,45,46). The molecule has 1 aliphatic rings. The van der Waals surface area contributed by atoms with Crippen LogP contribution < -0.4 is 4.74 Å². The molecule has 6 N–H and O–H groups in total. The number of nitrogens with zero attached hydrogens (tertiary/aromatic N) is 4. The van der Waals surface area contributed by atoms with Crippen molar-refractivity contribution in [3.63, 3.8) is 0 Å². The third-order valence-electron chi connectivity index (χ3n) is 8.73. The van der Waals surface area contributed by atoms with Gasteiger partial charge in [-0.1, -0.05) is 12.1 Å². The zero-order valence-electron chi connectivity index (χ0n) is 29.4. The number of carbonyl (C=O) groups excluding carboxylic acids is 1. The quantitative estimate of drug-likeness (QED) is 0.0579. The second-order valence-corrected chi connectivity index (χ2v) is 11.8. The molecule has 51 heavy (non-hydrogen) atoms. The highest BCUT2D eigenvalue weighted by Gasteiger charge is 2.34. The summed E-state index contributed by atoms with van der Waals surface area (Å²) in [6, 6.07) is 1.96. The molecule has 4 unspecified atom stereocenters. The fourth-order valence-electron chi connectivity index (χ4n) is 5.80. The molecular formula is C33H54N4O14. The van der Waals surface area contributed by atoms with E-state index in [0.29, 0.717) is 44.3 Å². The lowest BCUT2D eigenvalue weighted by Gasteiger charge is -2.39. The van der Waals surface area contributed by atoms with Crippen LogP contribution in [0.3, 0.4) is 0 Å². The van der Waals surface area contributed by atoms with Crippen LogP contribution in [0.25, 0.3) is 0 Å². The van der Waals surface area contributed by atoms with Crippen molar-refractivity contribution in [1.82, 2.24) is 19.6 Å².